The van der Waals surface area contributed by atoms with Crippen molar-refractivity contribution in [1.29, 1.82) is 0 Å². The Bertz CT molecular complexity index is 537. The van der Waals surface area contributed by atoms with Crippen LogP contribution in [0.3, 0.4) is 0 Å². The average molecular weight is 313 g/mol. The van der Waals surface area contributed by atoms with Crippen LogP contribution in [-0.4, -0.2) is 36.1 Å². The number of aryl methyl sites for hydroxylation is 2. The maximum atomic E-state index is 12.1. The Labute approximate surface area is 127 Å². The van der Waals surface area contributed by atoms with Crippen molar-refractivity contribution in [3.05, 3.63) is 21.4 Å². The fraction of sp³-hybridized carbons (Fsp3) is 0.500. The maximum absolute atomic E-state index is 12.1. The van der Waals surface area contributed by atoms with Crippen LogP contribution in [-0.2, 0) is 20.7 Å². The van der Waals surface area contributed by atoms with Gasteiger partial charge < -0.3 is 15.2 Å². The van der Waals surface area contributed by atoms with Gasteiger partial charge >= 0.3 is 11.9 Å². The van der Waals surface area contributed by atoms with Crippen LogP contribution in [0.2, 0.25) is 0 Å². The highest BCUT2D eigenvalue weighted by Crippen LogP contribution is 2.22. The number of carboxylic acids is 1. The molecule has 21 heavy (non-hydrogen) atoms. The Hall–Kier alpha value is -1.89. The Morgan fingerprint density at radius 2 is 2.10 bits per heavy atom. The zero-order chi connectivity index (χ0) is 16.0. The van der Waals surface area contributed by atoms with E-state index < -0.39 is 23.9 Å². The summed E-state index contributed by atoms with van der Waals surface area (Å²) in [6.07, 6.45) is 0.768. The van der Waals surface area contributed by atoms with Crippen LogP contribution in [0.4, 0.5) is 0 Å². The molecule has 0 fully saturated rings. The molecule has 6 nitrogen and oxygen atoms in total. The van der Waals surface area contributed by atoms with Gasteiger partial charge in [0.1, 0.15) is 6.04 Å². The fourth-order valence-electron chi connectivity index (χ4n) is 1.83. The SMILES string of the molecule is CCc1sc(C(=O)N[C@@H](CCC(=O)OC)C(=O)O)cc1C. The minimum atomic E-state index is -1.17. The summed E-state index contributed by atoms with van der Waals surface area (Å²) < 4.78 is 4.46. The van der Waals surface area contributed by atoms with Crippen molar-refractivity contribution in [2.75, 3.05) is 7.11 Å². The quantitative estimate of drug-likeness (QED) is 0.748. The lowest BCUT2D eigenvalue weighted by atomic mass is 10.1. The third kappa shape index (κ3) is 4.86. The molecule has 1 atom stereocenters. The first-order chi connectivity index (χ1) is 9.88. The predicted octanol–water partition coefficient (Wildman–Crippen LogP) is 1.76. The molecule has 1 amide bonds. The first-order valence-electron chi connectivity index (χ1n) is 6.58. The summed E-state index contributed by atoms with van der Waals surface area (Å²) in [6, 6.07) is 0.641. The van der Waals surface area contributed by atoms with Crippen LogP contribution in [0.15, 0.2) is 6.07 Å². The molecule has 0 aliphatic carbocycles. The van der Waals surface area contributed by atoms with Crippen molar-refractivity contribution in [1.82, 2.24) is 5.32 Å². The maximum Gasteiger partial charge on any atom is 0.326 e. The second kappa shape index (κ2) is 7.78. The molecule has 1 aromatic heterocycles. The summed E-state index contributed by atoms with van der Waals surface area (Å²) in [5, 5.41) is 11.5. The van der Waals surface area contributed by atoms with E-state index >= 15 is 0 Å². The number of carboxylic acid groups (broad SMARTS) is 1. The number of aliphatic carboxylic acids is 1. The number of methoxy groups -OCH3 is 1. The molecule has 0 spiro atoms. The van der Waals surface area contributed by atoms with Crippen LogP contribution in [0.1, 0.15) is 39.9 Å². The number of amides is 1. The van der Waals surface area contributed by atoms with Crippen LogP contribution in [0.25, 0.3) is 0 Å². The number of nitrogens with one attached hydrogen (secondary N) is 1. The average Bonchev–Trinajstić information content (AvgIpc) is 2.83. The minimum absolute atomic E-state index is 0.00125. The van der Waals surface area contributed by atoms with Gasteiger partial charge in [-0.2, -0.15) is 0 Å². The lowest BCUT2D eigenvalue weighted by Crippen LogP contribution is -2.40. The molecule has 1 rings (SSSR count). The molecule has 0 bridgehead atoms. The molecule has 116 valence electrons. The molecule has 0 aliphatic rings. The molecular weight excluding hydrogens is 294 g/mol. The Morgan fingerprint density at radius 3 is 2.57 bits per heavy atom. The topological polar surface area (TPSA) is 92.7 Å². The fourth-order valence-corrected chi connectivity index (χ4v) is 2.85. The normalized spacial score (nSPS) is 11.8. The van der Waals surface area contributed by atoms with Crippen LogP contribution >= 0.6 is 11.3 Å². The molecule has 0 saturated heterocycles. The number of esters is 1. The van der Waals surface area contributed by atoms with Gasteiger partial charge in [0.2, 0.25) is 0 Å². The summed E-state index contributed by atoms with van der Waals surface area (Å²) in [5.41, 5.74) is 1.02. The third-order valence-corrected chi connectivity index (χ3v) is 4.41. The zero-order valence-electron chi connectivity index (χ0n) is 12.3. The summed E-state index contributed by atoms with van der Waals surface area (Å²) in [6.45, 7) is 3.91. The van der Waals surface area contributed by atoms with Crippen molar-refractivity contribution in [3.8, 4) is 0 Å². The summed E-state index contributed by atoms with van der Waals surface area (Å²) in [5.74, 6) is -2.10. The molecule has 7 heteroatoms. The van der Waals surface area contributed by atoms with Crippen molar-refractivity contribution in [3.63, 3.8) is 0 Å². The molecule has 1 aromatic rings. The second-order valence-electron chi connectivity index (χ2n) is 4.55. The number of hydrogen-bond donors (Lipinski definition) is 2. The van der Waals surface area contributed by atoms with Crippen LogP contribution in [0, 0.1) is 6.92 Å². The van der Waals surface area contributed by atoms with E-state index in [4.69, 9.17) is 5.11 Å². The number of ether oxygens (including phenoxy) is 1. The molecule has 0 aliphatic heterocycles. The standard InChI is InChI=1S/C14H19NO5S/c1-4-10-8(2)7-11(21-10)13(17)15-9(14(18)19)5-6-12(16)20-3/h7,9H,4-6H2,1-3H3,(H,15,17)(H,18,19)/t9-/m0/s1. The van der Waals surface area contributed by atoms with Gasteiger partial charge in [-0.05, 0) is 31.4 Å². The molecular formula is C14H19NO5S. The highest BCUT2D eigenvalue weighted by molar-refractivity contribution is 7.14. The molecule has 0 aromatic carbocycles. The van der Waals surface area contributed by atoms with Crippen molar-refractivity contribution < 1.29 is 24.2 Å². The highest BCUT2D eigenvalue weighted by Gasteiger charge is 2.23. The van der Waals surface area contributed by atoms with E-state index in [2.05, 4.69) is 10.1 Å². The highest BCUT2D eigenvalue weighted by atomic mass is 32.1. The number of hydrogen-bond acceptors (Lipinski definition) is 5. The first kappa shape index (κ1) is 17.2. The molecule has 0 saturated carbocycles. The van der Waals surface area contributed by atoms with E-state index in [1.165, 1.54) is 18.4 Å². The van der Waals surface area contributed by atoms with Gasteiger partial charge in [-0.3, -0.25) is 9.59 Å². The van der Waals surface area contributed by atoms with E-state index in [0.29, 0.717) is 4.88 Å². The van der Waals surface area contributed by atoms with Gasteiger partial charge in [0, 0.05) is 11.3 Å². The van der Waals surface area contributed by atoms with Gasteiger partial charge in [0.25, 0.3) is 5.91 Å². The number of rotatable bonds is 7. The zero-order valence-corrected chi connectivity index (χ0v) is 13.1. The van der Waals surface area contributed by atoms with Gasteiger partial charge in [0.15, 0.2) is 0 Å². The Morgan fingerprint density at radius 1 is 1.43 bits per heavy atom. The van der Waals surface area contributed by atoms with E-state index in [9.17, 15) is 14.4 Å². The second-order valence-corrected chi connectivity index (χ2v) is 5.69. The van der Waals surface area contributed by atoms with E-state index in [1.807, 2.05) is 13.8 Å². The number of carbonyl (C=O) groups is 3. The smallest absolute Gasteiger partial charge is 0.326 e. The van der Waals surface area contributed by atoms with E-state index in [0.717, 1.165) is 16.9 Å². The molecule has 1 heterocycles. The first-order valence-corrected chi connectivity index (χ1v) is 7.40. The number of thiophene rings is 1. The lowest BCUT2D eigenvalue weighted by Gasteiger charge is -2.13. The third-order valence-electron chi connectivity index (χ3n) is 3.03. The van der Waals surface area contributed by atoms with Crippen LogP contribution in [0.5, 0.6) is 0 Å². The van der Waals surface area contributed by atoms with Gasteiger partial charge in [-0.15, -0.1) is 11.3 Å². The van der Waals surface area contributed by atoms with Gasteiger partial charge in [-0.1, -0.05) is 6.92 Å². The van der Waals surface area contributed by atoms with E-state index in [1.54, 1.807) is 6.07 Å². The largest absolute Gasteiger partial charge is 0.480 e. The summed E-state index contributed by atoms with van der Waals surface area (Å²) >= 11 is 1.35. The van der Waals surface area contributed by atoms with Crippen molar-refractivity contribution >= 4 is 29.2 Å². The van der Waals surface area contributed by atoms with E-state index in [-0.39, 0.29) is 12.8 Å². The monoisotopic (exact) mass is 313 g/mol. The predicted molar refractivity (Wildman–Crippen MR) is 78.6 cm³/mol. The Balaban J connectivity index is 2.71. The number of carbonyl (C=O) groups excluding carboxylic acids is 2. The van der Waals surface area contributed by atoms with Crippen molar-refractivity contribution in [2.24, 2.45) is 0 Å². The van der Waals surface area contributed by atoms with Crippen LogP contribution < -0.4 is 5.32 Å². The summed E-state index contributed by atoms with van der Waals surface area (Å²) in [4.78, 5) is 35.8. The van der Waals surface area contributed by atoms with Crippen molar-refractivity contribution in [2.45, 2.75) is 39.2 Å². The Kier molecular flexibility index (Phi) is 6.36. The van der Waals surface area contributed by atoms with Gasteiger partial charge in [0.05, 0.1) is 12.0 Å². The molecule has 0 radical (unpaired) electrons. The lowest BCUT2D eigenvalue weighted by molar-refractivity contribution is -0.142. The summed E-state index contributed by atoms with van der Waals surface area (Å²) in [7, 11) is 1.23. The molecule has 2 N–H and O–H groups in total. The van der Waals surface area contributed by atoms with Gasteiger partial charge in [-0.25, -0.2) is 4.79 Å². The minimum Gasteiger partial charge on any atom is -0.480 e. The molecule has 0 unspecified atom stereocenters.